The second-order valence-corrected chi connectivity index (χ2v) is 11.5. The highest BCUT2D eigenvalue weighted by atomic mass is 32.2. The lowest BCUT2D eigenvalue weighted by atomic mass is 10.0. The molecule has 0 bridgehead atoms. The number of para-hydroxylation sites is 1. The zero-order valence-corrected chi connectivity index (χ0v) is 23.3. The van der Waals surface area contributed by atoms with Crippen LogP contribution in [0.1, 0.15) is 43.4 Å². The van der Waals surface area contributed by atoms with E-state index in [1.807, 2.05) is 93.6 Å². The van der Waals surface area contributed by atoms with E-state index in [1.165, 1.54) is 4.90 Å². The molecule has 0 spiro atoms. The van der Waals surface area contributed by atoms with Gasteiger partial charge in [0.25, 0.3) is 0 Å². The number of carbonyl (C=O) groups is 2. The SMILES string of the molecule is CCNC(=O)C(Cc1ccccc1)N(Cc1ccccc1)C(=O)CN(c1ccccc1C(C)C)S(C)(=O)=O. The number of likely N-dealkylation sites (N-methyl/N-ethyl adjacent to an activating group) is 1. The van der Waals surface area contributed by atoms with Gasteiger partial charge in [0.1, 0.15) is 12.6 Å². The van der Waals surface area contributed by atoms with Crippen molar-refractivity contribution in [3.05, 3.63) is 102 Å². The van der Waals surface area contributed by atoms with E-state index in [9.17, 15) is 18.0 Å². The van der Waals surface area contributed by atoms with Gasteiger partial charge in [-0.25, -0.2) is 8.42 Å². The number of amides is 2. The number of nitrogens with one attached hydrogen (secondary N) is 1. The molecule has 8 heteroatoms. The molecule has 0 aliphatic rings. The minimum atomic E-state index is -3.81. The molecule has 0 aliphatic carbocycles. The standard InChI is InChI=1S/C30H37N3O4S/c1-5-31-30(35)28(20-24-14-8-6-9-15-24)32(21-25-16-10-7-11-17-25)29(34)22-33(38(4,36)37)27-19-13-12-18-26(27)23(2)3/h6-19,23,28H,5,20-22H2,1-4H3,(H,31,35). The van der Waals surface area contributed by atoms with Gasteiger partial charge in [-0.1, -0.05) is 92.7 Å². The molecule has 202 valence electrons. The largest absolute Gasteiger partial charge is 0.355 e. The Kier molecular flexibility index (Phi) is 10.1. The summed E-state index contributed by atoms with van der Waals surface area (Å²) in [4.78, 5) is 28.9. The Morgan fingerprint density at radius 1 is 0.842 bits per heavy atom. The molecule has 0 saturated carbocycles. The third-order valence-electron chi connectivity index (χ3n) is 6.32. The minimum Gasteiger partial charge on any atom is -0.355 e. The third kappa shape index (κ3) is 7.68. The van der Waals surface area contributed by atoms with E-state index in [4.69, 9.17) is 0 Å². The number of anilines is 1. The van der Waals surface area contributed by atoms with Crippen LogP contribution in [-0.4, -0.2) is 50.5 Å². The first-order chi connectivity index (χ1) is 18.1. The molecule has 0 aliphatic heterocycles. The number of sulfonamides is 1. The van der Waals surface area contributed by atoms with Crippen LogP contribution in [0.5, 0.6) is 0 Å². The number of hydrogen-bond acceptors (Lipinski definition) is 4. The molecule has 1 N–H and O–H groups in total. The van der Waals surface area contributed by atoms with E-state index < -0.39 is 28.5 Å². The zero-order chi connectivity index (χ0) is 27.7. The summed E-state index contributed by atoms with van der Waals surface area (Å²) < 4.78 is 27.1. The first-order valence-corrected chi connectivity index (χ1v) is 14.7. The topological polar surface area (TPSA) is 86.8 Å². The van der Waals surface area contributed by atoms with E-state index in [2.05, 4.69) is 5.32 Å². The summed E-state index contributed by atoms with van der Waals surface area (Å²) in [6.45, 7) is 5.95. The van der Waals surface area contributed by atoms with Crippen molar-refractivity contribution < 1.29 is 18.0 Å². The Labute approximate surface area is 226 Å². The Balaban J connectivity index is 2.06. The summed E-state index contributed by atoms with van der Waals surface area (Å²) in [5, 5.41) is 2.86. The molecule has 3 aromatic rings. The lowest BCUT2D eigenvalue weighted by molar-refractivity contribution is -0.140. The van der Waals surface area contributed by atoms with Crippen molar-refractivity contribution in [3.63, 3.8) is 0 Å². The molecular weight excluding hydrogens is 498 g/mol. The number of hydrogen-bond donors (Lipinski definition) is 1. The summed E-state index contributed by atoms with van der Waals surface area (Å²) in [6, 6.07) is 25.3. The Hall–Kier alpha value is -3.65. The van der Waals surface area contributed by atoms with E-state index in [0.29, 0.717) is 18.7 Å². The van der Waals surface area contributed by atoms with Crippen LogP contribution >= 0.6 is 0 Å². The van der Waals surface area contributed by atoms with E-state index in [1.54, 1.807) is 12.1 Å². The number of nitrogens with zero attached hydrogens (tertiary/aromatic N) is 2. The normalized spacial score (nSPS) is 12.1. The fourth-order valence-electron chi connectivity index (χ4n) is 4.42. The lowest BCUT2D eigenvalue weighted by Crippen LogP contribution is -2.53. The fraction of sp³-hybridized carbons (Fsp3) is 0.333. The van der Waals surface area contributed by atoms with Crippen LogP contribution in [0.15, 0.2) is 84.9 Å². The molecule has 0 radical (unpaired) electrons. The average Bonchev–Trinajstić information content (AvgIpc) is 2.89. The molecule has 3 aromatic carbocycles. The van der Waals surface area contributed by atoms with Crippen LogP contribution < -0.4 is 9.62 Å². The monoisotopic (exact) mass is 535 g/mol. The highest BCUT2D eigenvalue weighted by molar-refractivity contribution is 7.92. The molecule has 0 aromatic heterocycles. The molecule has 3 rings (SSSR count). The van der Waals surface area contributed by atoms with Crippen molar-refractivity contribution >= 4 is 27.5 Å². The fourth-order valence-corrected chi connectivity index (χ4v) is 5.29. The third-order valence-corrected chi connectivity index (χ3v) is 7.45. The van der Waals surface area contributed by atoms with Crippen molar-refractivity contribution in [2.24, 2.45) is 0 Å². The maximum atomic E-state index is 14.0. The van der Waals surface area contributed by atoms with Gasteiger partial charge in [-0.15, -0.1) is 0 Å². The molecular formula is C30H37N3O4S. The van der Waals surface area contributed by atoms with Gasteiger partial charge in [0.15, 0.2) is 0 Å². The summed E-state index contributed by atoms with van der Waals surface area (Å²) in [7, 11) is -3.81. The zero-order valence-electron chi connectivity index (χ0n) is 22.5. The Morgan fingerprint density at radius 3 is 1.95 bits per heavy atom. The predicted octanol–water partition coefficient (Wildman–Crippen LogP) is 4.35. The van der Waals surface area contributed by atoms with Gasteiger partial charge in [-0.05, 0) is 35.6 Å². The van der Waals surface area contributed by atoms with Crippen LogP contribution in [-0.2, 0) is 32.6 Å². The minimum absolute atomic E-state index is 0.0483. The van der Waals surface area contributed by atoms with Crippen LogP contribution in [0.4, 0.5) is 5.69 Å². The highest BCUT2D eigenvalue weighted by Gasteiger charge is 2.33. The van der Waals surface area contributed by atoms with Gasteiger partial charge in [0.05, 0.1) is 11.9 Å². The average molecular weight is 536 g/mol. The molecule has 7 nitrogen and oxygen atoms in total. The van der Waals surface area contributed by atoms with E-state index >= 15 is 0 Å². The quantitative estimate of drug-likeness (QED) is 0.374. The summed E-state index contributed by atoms with van der Waals surface area (Å²) in [5.41, 5.74) is 3.04. The molecule has 2 amide bonds. The summed E-state index contributed by atoms with van der Waals surface area (Å²) in [5.74, 6) is -0.689. The Morgan fingerprint density at radius 2 is 1.39 bits per heavy atom. The summed E-state index contributed by atoms with van der Waals surface area (Å²) in [6.07, 6.45) is 1.40. The second-order valence-electron chi connectivity index (χ2n) is 9.59. The van der Waals surface area contributed by atoms with Crippen LogP contribution in [0, 0.1) is 0 Å². The molecule has 1 unspecified atom stereocenters. The van der Waals surface area contributed by atoms with Crippen LogP contribution in [0.3, 0.4) is 0 Å². The van der Waals surface area contributed by atoms with Gasteiger partial charge in [-0.2, -0.15) is 0 Å². The van der Waals surface area contributed by atoms with Crippen molar-refractivity contribution in [3.8, 4) is 0 Å². The lowest BCUT2D eigenvalue weighted by Gasteiger charge is -2.34. The predicted molar refractivity (Wildman–Crippen MR) is 152 cm³/mol. The molecule has 38 heavy (non-hydrogen) atoms. The van der Waals surface area contributed by atoms with Crippen molar-refractivity contribution in [2.45, 2.75) is 45.7 Å². The number of carbonyl (C=O) groups excluding carboxylic acids is 2. The molecule has 0 heterocycles. The first kappa shape index (κ1) is 28.9. The van der Waals surface area contributed by atoms with Gasteiger partial charge >= 0.3 is 0 Å². The van der Waals surface area contributed by atoms with Gasteiger partial charge in [0, 0.05) is 19.5 Å². The smallest absolute Gasteiger partial charge is 0.244 e. The van der Waals surface area contributed by atoms with Crippen molar-refractivity contribution in [1.82, 2.24) is 10.2 Å². The first-order valence-electron chi connectivity index (χ1n) is 12.8. The van der Waals surface area contributed by atoms with Gasteiger partial charge in [0.2, 0.25) is 21.8 Å². The Bertz CT molecular complexity index is 1310. The van der Waals surface area contributed by atoms with Crippen LogP contribution in [0.25, 0.3) is 0 Å². The maximum absolute atomic E-state index is 14.0. The summed E-state index contributed by atoms with van der Waals surface area (Å²) >= 11 is 0. The molecule has 0 saturated heterocycles. The maximum Gasteiger partial charge on any atom is 0.244 e. The highest BCUT2D eigenvalue weighted by Crippen LogP contribution is 2.29. The van der Waals surface area contributed by atoms with Gasteiger partial charge in [-0.3, -0.25) is 13.9 Å². The van der Waals surface area contributed by atoms with Gasteiger partial charge < -0.3 is 10.2 Å². The second kappa shape index (κ2) is 13.2. The molecule has 0 fully saturated rings. The number of benzene rings is 3. The van der Waals surface area contributed by atoms with E-state index in [0.717, 1.165) is 27.3 Å². The van der Waals surface area contributed by atoms with Crippen molar-refractivity contribution in [2.75, 3.05) is 23.7 Å². The molecule has 1 atom stereocenters. The number of rotatable bonds is 12. The van der Waals surface area contributed by atoms with Crippen molar-refractivity contribution in [1.29, 1.82) is 0 Å². The van der Waals surface area contributed by atoms with E-state index in [-0.39, 0.29) is 18.4 Å². The van der Waals surface area contributed by atoms with Crippen LogP contribution in [0.2, 0.25) is 0 Å².